The minimum Gasteiger partial charge on any atom is -0.325 e. The van der Waals surface area contributed by atoms with Gasteiger partial charge < -0.3 is 11.1 Å². The highest BCUT2D eigenvalue weighted by Crippen LogP contribution is 2.30. The van der Waals surface area contributed by atoms with Gasteiger partial charge in [0.1, 0.15) is 0 Å². The topological polar surface area (TPSA) is 38.0 Å². The predicted molar refractivity (Wildman–Crippen MR) is 64.2 cm³/mol. The summed E-state index contributed by atoms with van der Waals surface area (Å²) < 4.78 is 37.3. The number of alkyl halides is 3. The lowest BCUT2D eigenvalue weighted by molar-refractivity contribution is -0.137. The zero-order chi connectivity index (χ0) is 13.2. The molecule has 1 aromatic rings. The predicted octanol–water partition coefficient (Wildman–Crippen LogP) is 2.33. The molecule has 2 rings (SSSR count). The number of nitrogens with one attached hydrogen (secondary N) is 1. The number of rotatable bonds is 2. The number of piperidine rings is 1. The van der Waals surface area contributed by atoms with Crippen LogP contribution in [-0.4, -0.2) is 18.6 Å². The molecule has 3 N–H and O–H groups in total. The third-order valence-electron chi connectivity index (χ3n) is 3.44. The SMILES string of the molecule is NC1(Cc2ccc(C(F)(F)F)cc2)CCNCC1. The van der Waals surface area contributed by atoms with Gasteiger partial charge in [-0.15, -0.1) is 0 Å². The van der Waals surface area contributed by atoms with Gasteiger partial charge in [0.05, 0.1) is 5.56 Å². The lowest BCUT2D eigenvalue weighted by atomic mass is 9.83. The van der Waals surface area contributed by atoms with E-state index >= 15 is 0 Å². The van der Waals surface area contributed by atoms with Gasteiger partial charge in [0.25, 0.3) is 0 Å². The van der Waals surface area contributed by atoms with E-state index in [1.165, 1.54) is 12.1 Å². The summed E-state index contributed by atoms with van der Waals surface area (Å²) in [6.07, 6.45) is -1.93. The fraction of sp³-hybridized carbons (Fsp3) is 0.538. The summed E-state index contributed by atoms with van der Waals surface area (Å²) in [5, 5.41) is 3.23. The van der Waals surface area contributed by atoms with Crippen LogP contribution in [0.5, 0.6) is 0 Å². The number of nitrogens with two attached hydrogens (primary N) is 1. The highest BCUT2D eigenvalue weighted by atomic mass is 19.4. The molecule has 0 radical (unpaired) electrons. The van der Waals surface area contributed by atoms with E-state index < -0.39 is 11.7 Å². The van der Waals surface area contributed by atoms with Crippen LogP contribution in [0.2, 0.25) is 0 Å². The maximum absolute atomic E-state index is 12.4. The van der Waals surface area contributed by atoms with E-state index in [2.05, 4.69) is 5.32 Å². The molecule has 0 aromatic heterocycles. The van der Waals surface area contributed by atoms with Crippen LogP contribution in [0.1, 0.15) is 24.0 Å². The normalized spacial score (nSPS) is 19.8. The molecule has 1 saturated heterocycles. The van der Waals surface area contributed by atoms with Crippen molar-refractivity contribution in [3.8, 4) is 0 Å². The van der Waals surface area contributed by atoms with Crippen molar-refractivity contribution < 1.29 is 13.2 Å². The minimum atomic E-state index is -4.27. The van der Waals surface area contributed by atoms with Gasteiger partial charge in [0, 0.05) is 5.54 Å². The van der Waals surface area contributed by atoms with Crippen molar-refractivity contribution in [3.63, 3.8) is 0 Å². The third-order valence-corrected chi connectivity index (χ3v) is 3.44. The Hall–Kier alpha value is -1.07. The van der Waals surface area contributed by atoms with Crippen molar-refractivity contribution in [2.75, 3.05) is 13.1 Å². The van der Waals surface area contributed by atoms with Crippen LogP contribution in [-0.2, 0) is 12.6 Å². The molecule has 1 aliphatic rings. The molecular formula is C13H17F3N2. The van der Waals surface area contributed by atoms with Gasteiger partial charge in [-0.2, -0.15) is 13.2 Å². The number of benzene rings is 1. The molecule has 1 aliphatic heterocycles. The van der Waals surface area contributed by atoms with Crippen LogP contribution in [0.3, 0.4) is 0 Å². The smallest absolute Gasteiger partial charge is 0.325 e. The Morgan fingerprint density at radius 1 is 1.11 bits per heavy atom. The first-order chi connectivity index (χ1) is 8.39. The van der Waals surface area contributed by atoms with Crippen LogP contribution in [0, 0.1) is 0 Å². The number of halogens is 3. The van der Waals surface area contributed by atoms with E-state index in [-0.39, 0.29) is 5.54 Å². The Morgan fingerprint density at radius 2 is 1.67 bits per heavy atom. The van der Waals surface area contributed by atoms with E-state index in [9.17, 15) is 13.2 Å². The Kier molecular flexibility index (Phi) is 3.64. The average molecular weight is 258 g/mol. The summed E-state index contributed by atoms with van der Waals surface area (Å²) >= 11 is 0. The highest BCUT2D eigenvalue weighted by Gasteiger charge is 2.31. The first-order valence-electron chi connectivity index (χ1n) is 6.05. The number of hydrogen-bond donors (Lipinski definition) is 2. The van der Waals surface area contributed by atoms with Gasteiger partial charge in [-0.3, -0.25) is 0 Å². The monoisotopic (exact) mass is 258 g/mol. The maximum Gasteiger partial charge on any atom is 0.416 e. The van der Waals surface area contributed by atoms with Gasteiger partial charge in [-0.25, -0.2) is 0 Å². The second-order valence-electron chi connectivity index (χ2n) is 4.98. The highest BCUT2D eigenvalue weighted by molar-refractivity contribution is 5.26. The molecule has 5 heteroatoms. The van der Waals surface area contributed by atoms with Crippen LogP contribution in [0.15, 0.2) is 24.3 Å². The first-order valence-corrected chi connectivity index (χ1v) is 6.05. The van der Waals surface area contributed by atoms with E-state index in [0.717, 1.165) is 43.6 Å². The van der Waals surface area contributed by atoms with Crippen LogP contribution in [0.4, 0.5) is 13.2 Å². The summed E-state index contributed by atoms with van der Waals surface area (Å²) in [6, 6.07) is 5.30. The van der Waals surface area contributed by atoms with Crippen molar-refractivity contribution in [1.29, 1.82) is 0 Å². The van der Waals surface area contributed by atoms with Gasteiger partial charge in [0.15, 0.2) is 0 Å². The Labute approximate surface area is 104 Å². The molecule has 100 valence electrons. The standard InChI is InChI=1S/C13H17F3N2/c14-13(15,16)11-3-1-10(2-4-11)9-12(17)5-7-18-8-6-12/h1-4,18H,5-9,17H2. The summed E-state index contributed by atoms with van der Waals surface area (Å²) in [5.74, 6) is 0. The molecule has 0 atom stereocenters. The lowest BCUT2D eigenvalue weighted by Crippen LogP contribution is -2.50. The molecule has 0 saturated carbocycles. The summed E-state index contributed by atoms with van der Waals surface area (Å²) in [4.78, 5) is 0. The van der Waals surface area contributed by atoms with Gasteiger partial charge in [-0.1, -0.05) is 12.1 Å². The maximum atomic E-state index is 12.4. The van der Waals surface area contributed by atoms with Crippen molar-refractivity contribution in [3.05, 3.63) is 35.4 Å². The van der Waals surface area contributed by atoms with Gasteiger partial charge in [0.2, 0.25) is 0 Å². The fourth-order valence-corrected chi connectivity index (χ4v) is 2.32. The molecule has 0 unspecified atom stereocenters. The molecule has 18 heavy (non-hydrogen) atoms. The van der Waals surface area contributed by atoms with Crippen LogP contribution >= 0.6 is 0 Å². The summed E-state index contributed by atoms with van der Waals surface area (Å²) in [5.41, 5.74) is 6.23. The van der Waals surface area contributed by atoms with Crippen molar-refractivity contribution in [2.24, 2.45) is 5.73 Å². The first kappa shape index (κ1) is 13.4. The van der Waals surface area contributed by atoms with Gasteiger partial charge >= 0.3 is 6.18 Å². The molecular weight excluding hydrogens is 241 g/mol. The van der Waals surface area contributed by atoms with Gasteiger partial charge in [-0.05, 0) is 50.0 Å². The second kappa shape index (κ2) is 4.90. The minimum absolute atomic E-state index is 0.287. The molecule has 0 aliphatic carbocycles. The van der Waals surface area contributed by atoms with Crippen LogP contribution in [0.25, 0.3) is 0 Å². The molecule has 0 spiro atoms. The zero-order valence-corrected chi connectivity index (χ0v) is 10.1. The molecule has 0 bridgehead atoms. The van der Waals surface area contributed by atoms with Crippen molar-refractivity contribution >= 4 is 0 Å². The summed E-state index contributed by atoms with van der Waals surface area (Å²) in [7, 11) is 0. The molecule has 1 aromatic carbocycles. The van der Waals surface area contributed by atoms with Crippen LogP contribution < -0.4 is 11.1 Å². The second-order valence-corrected chi connectivity index (χ2v) is 4.98. The van der Waals surface area contributed by atoms with E-state index in [0.29, 0.717) is 6.42 Å². The zero-order valence-electron chi connectivity index (χ0n) is 10.1. The quantitative estimate of drug-likeness (QED) is 0.854. The molecule has 0 amide bonds. The number of hydrogen-bond acceptors (Lipinski definition) is 2. The molecule has 2 nitrogen and oxygen atoms in total. The lowest BCUT2D eigenvalue weighted by Gasteiger charge is -2.34. The van der Waals surface area contributed by atoms with E-state index in [1.54, 1.807) is 0 Å². The average Bonchev–Trinajstić information content (AvgIpc) is 2.29. The van der Waals surface area contributed by atoms with E-state index in [1.807, 2.05) is 0 Å². The summed E-state index contributed by atoms with van der Waals surface area (Å²) in [6.45, 7) is 1.74. The fourth-order valence-electron chi connectivity index (χ4n) is 2.32. The largest absolute Gasteiger partial charge is 0.416 e. The van der Waals surface area contributed by atoms with Crippen molar-refractivity contribution in [1.82, 2.24) is 5.32 Å². The molecule has 1 heterocycles. The van der Waals surface area contributed by atoms with E-state index in [4.69, 9.17) is 5.73 Å². The van der Waals surface area contributed by atoms with Crippen molar-refractivity contribution in [2.45, 2.75) is 31.0 Å². The molecule has 1 fully saturated rings. The Bertz CT molecular complexity index is 392. The Balaban J connectivity index is 2.06. The third kappa shape index (κ3) is 3.23. The Morgan fingerprint density at radius 3 is 2.17 bits per heavy atom.